The fourth-order valence-electron chi connectivity index (χ4n) is 2.41. The molecular weight excluding hydrogens is 392 g/mol. The summed E-state index contributed by atoms with van der Waals surface area (Å²) >= 11 is 5.83. The smallest absolute Gasteiger partial charge is 0.343 e. The Kier molecular flexibility index (Phi) is 6.60. The van der Waals surface area contributed by atoms with Crippen molar-refractivity contribution in [2.45, 2.75) is 0 Å². The van der Waals surface area contributed by atoms with Crippen LogP contribution in [0.1, 0.15) is 26.3 Å². The van der Waals surface area contributed by atoms with Crippen LogP contribution in [0.15, 0.2) is 77.9 Å². The summed E-state index contributed by atoms with van der Waals surface area (Å²) in [6.07, 6.45) is 1.41. The molecule has 3 rings (SSSR count). The molecule has 6 nitrogen and oxygen atoms in total. The minimum Gasteiger partial charge on any atom is -0.497 e. The first-order chi connectivity index (χ1) is 14.1. The predicted molar refractivity (Wildman–Crippen MR) is 111 cm³/mol. The minimum atomic E-state index is -0.525. The molecule has 0 heterocycles. The van der Waals surface area contributed by atoms with Gasteiger partial charge in [-0.25, -0.2) is 10.2 Å². The van der Waals surface area contributed by atoms with E-state index in [9.17, 15) is 9.59 Å². The van der Waals surface area contributed by atoms with Crippen molar-refractivity contribution in [3.05, 3.63) is 94.5 Å². The number of hydrogen-bond acceptors (Lipinski definition) is 5. The van der Waals surface area contributed by atoms with Gasteiger partial charge in [-0.05, 0) is 54.6 Å². The van der Waals surface area contributed by atoms with Crippen LogP contribution >= 0.6 is 11.6 Å². The number of ether oxygens (including phenoxy) is 2. The summed E-state index contributed by atoms with van der Waals surface area (Å²) in [4.78, 5) is 24.5. The van der Waals surface area contributed by atoms with Gasteiger partial charge in [-0.15, -0.1) is 0 Å². The van der Waals surface area contributed by atoms with Gasteiger partial charge in [0, 0.05) is 16.1 Å². The van der Waals surface area contributed by atoms with Crippen molar-refractivity contribution in [1.29, 1.82) is 0 Å². The van der Waals surface area contributed by atoms with Crippen LogP contribution in [0.25, 0.3) is 0 Å². The normalized spacial score (nSPS) is 10.6. The summed E-state index contributed by atoms with van der Waals surface area (Å²) in [5, 5.41) is 4.48. The lowest BCUT2D eigenvalue weighted by atomic mass is 10.2. The van der Waals surface area contributed by atoms with Crippen LogP contribution in [0.4, 0.5) is 0 Å². The molecule has 0 fully saturated rings. The van der Waals surface area contributed by atoms with Crippen molar-refractivity contribution in [1.82, 2.24) is 5.43 Å². The Morgan fingerprint density at radius 3 is 2.48 bits per heavy atom. The van der Waals surface area contributed by atoms with Crippen LogP contribution in [0.3, 0.4) is 0 Å². The highest BCUT2D eigenvalue weighted by Crippen LogP contribution is 2.19. The number of esters is 1. The SMILES string of the molecule is COc1cccc(C(=O)N/N=C/c2ccccc2OC(=O)c2ccc(Cl)cc2)c1. The Hall–Kier alpha value is -3.64. The number of rotatable bonds is 6. The molecule has 0 aromatic heterocycles. The number of hydrogen-bond donors (Lipinski definition) is 1. The van der Waals surface area contributed by atoms with Gasteiger partial charge in [-0.2, -0.15) is 5.10 Å². The predicted octanol–water partition coefficient (Wildman–Crippen LogP) is 4.33. The molecule has 0 aliphatic carbocycles. The van der Waals surface area contributed by atoms with Gasteiger partial charge in [-0.1, -0.05) is 29.8 Å². The fraction of sp³-hybridized carbons (Fsp3) is 0.0455. The van der Waals surface area contributed by atoms with Crippen molar-refractivity contribution in [3.63, 3.8) is 0 Å². The molecule has 0 aliphatic rings. The molecule has 0 saturated carbocycles. The molecule has 0 spiro atoms. The van der Waals surface area contributed by atoms with Gasteiger partial charge in [0.25, 0.3) is 5.91 Å². The Morgan fingerprint density at radius 2 is 1.72 bits per heavy atom. The minimum absolute atomic E-state index is 0.312. The zero-order valence-electron chi connectivity index (χ0n) is 15.5. The van der Waals surface area contributed by atoms with Crippen molar-refractivity contribution >= 4 is 29.7 Å². The molecule has 0 saturated heterocycles. The molecule has 0 atom stereocenters. The molecular formula is C22H17ClN2O4. The van der Waals surface area contributed by atoms with E-state index in [4.69, 9.17) is 21.1 Å². The number of methoxy groups -OCH3 is 1. The lowest BCUT2D eigenvalue weighted by molar-refractivity contribution is 0.0734. The van der Waals surface area contributed by atoms with E-state index >= 15 is 0 Å². The highest BCUT2D eigenvalue weighted by molar-refractivity contribution is 6.30. The maximum Gasteiger partial charge on any atom is 0.343 e. The van der Waals surface area contributed by atoms with Gasteiger partial charge >= 0.3 is 5.97 Å². The monoisotopic (exact) mass is 408 g/mol. The summed E-state index contributed by atoms with van der Waals surface area (Å²) in [7, 11) is 1.53. The number of halogens is 1. The van der Waals surface area contributed by atoms with Crippen LogP contribution in [0, 0.1) is 0 Å². The van der Waals surface area contributed by atoms with E-state index in [-0.39, 0.29) is 0 Å². The molecule has 0 unspecified atom stereocenters. The van der Waals surface area contributed by atoms with Crippen LogP contribution in [0.5, 0.6) is 11.5 Å². The van der Waals surface area contributed by atoms with Gasteiger partial charge in [-0.3, -0.25) is 4.79 Å². The summed E-state index contributed by atoms with van der Waals surface area (Å²) in [5.74, 6) is -0.0355. The van der Waals surface area contributed by atoms with Gasteiger partial charge in [0.1, 0.15) is 11.5 Å². The van der Waals surface area contributed by atoms with E-state index in [1.54, 1.807) is 72.8 Å². The van der Waals surface area contributed by atoms with Crippen molar-refractivity contribution in [2.24, 2.45) is 5.10 Å². The quantitative estimate of drug-likeness (QED) is 0.285. The molecule has 7 heteroatoms. The molecule has 3 aromatic carbocycles. The number of benzene rings is 3. The number of amides is 1. The topological polar surface area (TPSA) is 77.0 Å². The zero-order valence-corrected chi connectivity index (χ0v) is 16.2. The van der Waals surface area contributed by atoms with Crippen molar-refractivity contribution in [2.75, 3.05) is 7.11 Å². The highest BCUT2D eigenvalue weighted by Gasteiger charge is 2.11. The third-order valence-electron chi connectivity index (χ3n) is 3.90. The molecule has 0 bridgehead atoms. The molecule has 1 N–H and O–H groups in total. The Morgan fingerprint density at radius 1 is 0.966 bits per heavy atom. The zero-order chi connectivity index (χ0) is 20.6. The second-order valence-corrected chi connectivity index (χ2v) is 6.30. The van der Waals surface area contributed by atoms with Crippen molar-refractivity contribution in [3.8, 4) is 11.5 Å². The third-order valence-corrected chi connectivity index (χ3v) is 4.16. The van der Waals surface area contributed by atoms with Gasteiger partial charge < -0.3 is 9.47 Å². The number of carbonyl (C=O) groups is 2. The van der Waals surface area contributed by atoms with E-state index in [1.165, 1.54) is 13.3 Å². The molecule has 0 radical (unpaired) electrons. The number of carbonyl (C=O) groups excluding carboxylic acids is 2. The van der Waals surface area contributed by atoms with E-state index < -0.39 is 11.9 Å². The van der Waals surface area contributed by atoms with Crippen molar-refractivity contribution < 1.29 is 19.1 Å². The first-order valence-electron chi connectivity index (χ1n) is 8.61. The average Bonchev–Trinajstić information content (AvgIpc) is 2.75. The van der Waals surface area contributed by atoms with E-state index in [1.807, 2.05) is 0 Å². The first-order valence-corrected chi connectivity index (χ1v) is 8.99. The third kappa shape index (κ3) is 5.43. The molecule has 1 amide bonds. The van der Waals surface area contributed by atoms with E-state index in [0.29, 0.717) is 33.2 Å². The lowest BCUT2D eigenvalue weighted by Crippen LogP contribution is -2.17. The summed E-state index contributed by atoms with van der Waals surface area (Å²) in [5.41, 5.74) is 3.74. The number of para-hydroxylation sites is 1. The summed E-state index contributed by atoms with van der Waals surface area (Å²) in [6.45, 7) is 0. The van der Waals surface area contributed by atoms with Crippen LogP contribution in [0.2, 0.25) is 5.02 Å². The maximum absolute atomic E-state index is 12.3. The fourth-order valence-corrected chi connectivity index (χ4v) is 2.54. The Bertz CT molecular complexity index is 1050. The number of hydrazone groups is 1. The molecule has 29 heavy (non-hydrogen) atoms. The molecule has 146 valence electrons. The van der Waals surface area contributed by atoms with E-state index in [0.717, 1.165) is 0 Å². The first kappa shape index (κ1) is 20.1. The second-order valence-electron chi connectivity index (χ2n) is 5.87. The number of nitrogens with one attached hydrogen (secondary N) is 1. The van der Waals surface area contributed by atoms with Crippen LogP contribution < -0.4 is 14.9 Å². The average molecular weight is 409 g/mol. The Labute approximate surface area is 172 Å². The van der Waals surface area contributed by atoms with Crippen LogP contribution in [-0.4, -0.2) is 25.2 Å². The van der Waals surface area contributed by atoms with Gasteiger partial charge in [0.15, 0.2) is 0 Å². The lowest BCUT2D eigenvalue weighted by Gasteiger charge is -2.07. The van der Waals surface area contributed by atoms with E-state index in [2.05, 4.69) is 10.5 Å². The summed E-state index contributed by atoms with van der Waals surface area (Å²) < 4.78 is 10.5. The maximum atomic E-state index is 12.3. The highest BCUT2D eigenvalue weighted by atomic mass is 35.5. The van der Waals surface area contributed by atoms with Crippen LogP contribution in [-0.2, 0) is 0 Å². The Balaban J connectivity index is 1.69. The molecule has 0 aliphatic heterocycles. The van der Waals surface area contributed by atoms with Gasteiger partial charge in [0.05, 0.1) is 18.9 Å². The van der Waals surface area contributed by atoms with Gasteiger partial charge in [0.2, 0.25) is 0 Å². The standard InChI is InChI=1S/C22H17ClN2O4/c1-28-19-7-4-6-16(13-19)21(26)25-24-14-17-5-2-3-8-20(17)29-22(27)15-9-11-18(23)12-10-15/h2-14H,1H3,(H,25,26)/b24-14+. The summed E-state index contributed by atoms with van der Waals surface area (Å²) in [6, 6.07) is 19.9. The second kappa shape index (κ2) is 9.52. The number of nitrogens with zero attached hydrogens (tertiary/aromatic N) is 1. The molecule has 3 aromatic rings. The largest absolute Gasteiger partial charge is 0.497 e.